The Morgan fingerprint density at radius 1 is 1.39 bits per heavy atom. The SMILES string of the molecule is CCOCC(=O)N1CCCC(Nc2ccc(N(C)C)nc2)CC1. The van der Waals surface area contributed by atoms with Crippen molar-refractivity contribution in [2.24, 2.45) is 0 Å². The van der Waals surface area contributed by atoms with Crippen LogP contribution in [0.1, 0.15) is 26.2 Å². The van der Waals surface area contributed by atoms with E-state index in [1.165, 1.54) is 0 Å². The Balaban J connectivity index is 1.84. The molecule has 2 heterocycles. The number of amides is 1. The molecule has 128 valence electrons. The maximum atomic E-state index is 12.0. The number of carbonyl (C=O) groups excluding carboxylic acids is 1. The quantitative estimate of drug-likeness (QED) is 0.868. The summed E-state index contributed by atoms with van der Waals surface area (Å²) in [6.45, 7) is 4.30. The van der Waals surface area contributed by atoms with Gasteiger partial charge in [-0.2, -0.15) is 0 Å². The summed E-state index contributed by atoms with van der Waals surface area (Å²) in [5.74, 6) is 1.05. The van der Waals surface area contributed by atoms with Gasteiger partial charge in [0.05, 0.1) is 11.9 Å². The molecule has 0 bridgehead atoms. The van der Waals surface area contributed by atoms with Crippen LogP contribution in [0.5, 0.6) is 0 Å². The molecule has 1 fully saturated rings. The average molecular weight is 320 g/mol. The van der Waals surface area contributed by atoms with E-state index in [-0.39, 0.29) is 12.5 Å². The number of nitrogens with one attached hydrogen (secondary N) is 1. The molecule has 1 aliphatic heterocycles. The van der Waals surface area contributed by atoms with E-state index in [2.05, 4.69) is 16.4 Å². The van der Waals surface area contributed by atoms with Crippen molar-refractivity contribution in [3.63, 3.8) is 0 Å². The van der Waals surface area contributed by atoms with Gasteiger partial charge in [0.15, 0.2) is 0 Å². The lowest BCUT2D eigenvalue weighted by molar-refractivity contribution is -0.135. The van der Waals surface area contributed by atoms with Gasteiger partial charge in [-0.3, -0.25) is 4.79 Å². The molecule has 0 radical (unpaired) electrons. The molecule has 2 rings (SSSR count). The van der Waals surface area contributed by atoms with Crippen molar-refractivity contribution in [2.45, 2.75) is 32.2 Å². The highest BCUT2D eigenvalue weighted by Gasteiger charge is 2.20. The zero-order valence-electron chi connectivity index (χ0n) is 14.4. The van der Waals surface area contributed by atoms with Gasteiger partial charge >= 0.3 is 0 Å². The van der Waals surface area contributed by atoms with Gasteiger partial charge in [0.2, 0.25) is 5.91 Å². The molecule has 1 N–H and O–H groups in total. The molecule has 1 aromatic rings. The molecule has 1 unspecified atom stereocenters. The second kappa shape index (κ2) is 8.72. The van der Waals surface area contributed by atoms with Gasteiger partial charge in [-0.25, -0.2) is 4.98 Å². The van der Waals surface area contributed by atoms with Crippen molar-refractivity contribution in [1.29, 1.82) is 0 Å². The van der Waals surface area contributed by atoms with Crippen molar-refractivity contribution in [3.8, 4) is 0 Å². The summed E-state index contributed by atoms with van der Waals surface area (Å²) in [7, 11) is 3.96. The van der Waals surface area contributed by atoms with E-state index in [0.29, 0.717) is 12.6 Å². The van der Waals surface area contributed by atoms with E-state index in [1.807, 2.05) is 43.1 Å². The van der Waals surface area contributed by atoms with Crippen LogP contribution >= 0.6 is 0 Å². The van der Waals surface area contributed by atoms with Crippen LogP contribution in [0.3, 0.4) is 0 Å². The molecular formula is C17H28N4O2. The fourth-order valence-electron chi connectivity index (χ4n) is 2.74. The van der Waals surface area contributed by atoms with Crippen LogP contribution in [-0.2, 0) is 9.53 Å². The number of nitrogens with zero attached hydrogens (tertiary/aromatic N) is 3. The third-order valence-corrected chi connectivity index (χ3v) is 4.09. The van der Waals surface area contributed by atoms with Crippen LogP contribution in [0.25, 0.3) is 0 Å². The summed E-state index contributed by atoms with van der Waals surface area (Å²) >= 11 is 0. The van der Waals surface area contributed by atoms with Crippen LogP contribution in [0.15, 0.2) is 18.3 Å². The lowest BCUT2D eigenvalue weighted by atomic mass is 10.1. The van der Waals surface area contributed by atoms with Crippen LogP contribution in [0.2, 0.25) is 0 Å². The van der Waals surface area contributed by atoms with Crippen molar-refractivity contribution in [3.05, 3.63) is 18.3 Å². The van der Waals surface area contributed by atoms with Crippen LogP contribution in [-0.4, -0.2) is 62.2 Å². The number of carbonyl (C=O) groups is 1. The van der Waals surface area contributed by atoms with Gasteiger partial charge in [0.25, 0.3) is 0 Å². The summed E-state index contributed by atoms with van der Waals surface area (Å²) in [6, 6.07) is 4.45. The Bertz CT molecular complexity index is 490. The van der Waals surface area contributed by atoms with E-state index in [4.69, 9.17) is 4.74 Å². The molecule has 23 heavy (non-hydrogen) atoms. The Kier molecular flexibility index (Phi) is 6.65. The summed E-state index contributed by atoms with van der Waals surface area (Å²) in [5, 5.41) is 3.54. The number of anilines is 2. The molecule has 6 heteroatoms. The first-order chi connectivity index (χ1) is 11.1. The Hall–Kier alpha value is -1.82. The molecule has 1 aliphatic rings. The predicted molar refractivity (Wildman–Crippen MR) is 92.9 cm³/mol. The highest BCUT2D eigenvalue weighted by Crippen LogP contribution is 2.18. The third kappa shape index (κ3) is 5.39. The highest BCUT2D eigenvalue weighted by atomic mass is 16.5. The summed E-state index contributed by atoms with van der Waals surface area (Å²) < 4.78 is 5.22. The van der Waals surface area contributed by atoms with Crippen LogP contribution in [0, 0.1) is 0 Å². The fourth-order valence-corrected chi connectivity index (χ4v) is 2.74. The normalized spacial score (nSPS) is 18.4. The third-order valence-electron chi connectivity index (χ3n) is 4.09. The minimum Gasteiger partial charge on any atom is -0.381 e. The molecule has 0 aliphatic carbocycles. The largest absolute Gasteiger partial charge is 0.381 e. The number of rotatable bonds is 6. The van der Waals surface area contributed by atoms with Crippen molar-refractivity contribution in [1.82, 2.24) is 9.88 Å². The standard InChI is InChI=1S/C17H28N4O2/c1-4-23-13-17(22)21-10-5-6-14(9-11-21)19-15-7-8-16(18-12-15)20(2)3/h7-8,12,14,19H,4-6,9-11,13H2,1-3H3. The molecule has 1 saturated heterocycles. The molecule has 6 nitrogen and oxygen atoms in total. The topological polar surface area (TPSA) is 57.7 Å². The highest BCUT2D eigenvalue weighted by molar-refractivity contribution is 5.77. The zero-order valence-corrected chi connectivity index (χ0v) is 14.4. The molecule has 0 spiro atoms. The number of ether oxygens (including phenoxy) is 1. The number of likely N-dealkylation sites (tertiary alicyclic amines) is 1. The van der Waals surface area contributed by atoms with E-state index >= 15 is 0 Å². The maximum absolute atomic E-state index is 12.0. The number of pyridine rings is 1. The molecular weight excluding hydrogens is 292 g/mol. The summed E-state index contributed by atoms with van der Waals surface area (Å²) in [4.78, 5) is 20.4. The van der Waals surface area contributed by atoms with Crippen molar-refractivity contribution in [2.75, 3.05) is 50.6 Å². The van der Waals surface area contributed by atoms with Crippen molar-refractivity contribution >= 4 is 17.4 Å². The monoisotopic (exact) mass is 320 g/mol. The Morgan fingerprint density at radius 3 is 2.87 bits per heavy atom. The van der Waals surface area contributed by atoms with Gasteiger partial charge < -0.3 is 19.9 Å². The second-order valence-corrected chi connectivity index (χ2v) is 6.09. The van der Waals surface area contributed by atoms with E-state index in [1.54, 1.807) is 0 Å². The van der Waals surface area contributed by atoms with Gasteiger partial charge in [-0.15, -0.1) is 0 Å². The molecule has 1 amide bonds. The zero-order chi connectivity index (χ0) is 16.7. The summed E-state index contributed by atoms with van der Waals surface area (Å²) in [6.07, 6.45) is 4.90. The molecule has 0 saturated carbocycles. The smallest absolute Gasteiger partial charge is 0.248 e. The minimum absolute atomic E-state index is 0.101. The maximum Gasteiger partial charge on any atom is 0.248 e. The van der Waals surface area contributed by atoms with Gasteiger partial charge in [-0.05, 0) is 38.3 Å². The lowest BCUT2D eigenvalue weighted by Crippen LogP contribution is -2.35. The Labute approximate surface area is 138 Å². The number of aromatic nitrogens is 1. The number of hydrogen-bond donors (Lipinski definition) is 1. The summed E-state index contributed by atoms with van der Waals surface area (Å²) in [5.41, 5.74) is 1.04. The first-order valence-corrected chi connectivity index (χ1v) is 8.35. The van der Waals surface area contributed by atoms with Crippen LogP contribution in [0.4, 0.5) is 11.5 Å². The van der Waals surface area contributed by atoms with Crippen LogP contribution < -0.4 is 10.2 Å². The first-order valence-electron chi connectivity index (χ1n) is 8.35. The minimum atomic E-state index is 0.101. The van der Waals surface area contributed by atoms with Gasteiger partial charge in [0.1, 0.15) is 12.4 Å². The molecule has 1 atom stereocenters. The Morgan fingerprint density at radius 2 is 2.22 bits per heavy atom. The average Bonchev–Trinajstić information content (AvgIpc) is 2.79. The van der Waals surface area contributed by atoms with Gasteiger partial charge in [-0.1, -0.05) is 0 Å². The lowest BCUT2D eigenvalue weighted by Gasteiger charge is -2.21. The molecule has 0 aromatic carbocycles. The first kappa shape index (κ1) is 17.5. The fraction of sp³-hybridized carbons (Fsp3) is 0.647. The van der Waals surface area contributed by atoms with E-state index in [9.17, 15) is 4.79 Å². The molecule has 1 aromatic heterocycles. The van der Waals surface area contributed by atoms with Crippen molar-refractivity contribution < 1.29 is 9.53 Å². The number of hydrogen-bond acceptors (Lipinski definition) is 5. The predicted octanol–water partition coefficient (Wildman–Crippen LogP) is 1.98. The van der Waals surface area contributed by atoms with E-state index < -0.39 is 0 Å². The van der Waals surface area contributed by atoms with E-state index in [0.717, 1.165) is 43.9 Å². The van der Waals surface area contributed by atoms with Gasteiger partial charge in [0, 0.05) is 39.8 Å². The second-order valence-electron chi connectivity index (χ2n) is 6.09.